The molecule has 3 N–H and O–H groups in total. The fourth-order valence-corrected chi connectivity index (χ4v) is 4.51. The number of rotatable bonds is 9. The number of hydrogen-bond acceptors (Lipinski definition) is 10. The Morgan fingerprint density at radius 1 is 0.550 bits per heavy atom. The summed E-state index contributed by atoms with van der Waals surface area (Å²) in [4.78, 5) is 57.0. The first-order chi connectivity index (χ1) is 19.2. The third-order valence-corrected chi connectivity index (χ3v) is 6.30. The Kier molecular flexibility index (Phi) is 5.84. The molecule has 3 heterocycles. The Bertz CT molecular complexity index is 1730. The van der Waals surface area contributed by atoms with E-state index in [4.69, 9.17) is 0 Å². The number of fused-ring (bicyclic) bond motifs is 3. The topological polar surface area (TPSA) is 219 Å². The number of H-pyrrole nitrogens is 3. The second kappa shape index (κ2) is 9.52. The van der Waals surface area contributed by atoms with Crippen LogP contribution in [-0.4, -0.2) is 49.6 Å². The van der Waals surface area contributed by atoms with Crippen LogP contribution >= 0.6 is 0 Å². The van der Waals surface area contributed by atoms with Gasteiger partial charge < -0.3 is 15.0 Å². The molecule has 3 aromatic heterocycles. The lowest BCUT2D eigenvalue weighted by Gasteiger charge is -2.18. The molecule has 0 atom stereocenters. The number of benzene rings is 3. The van der Waals surface area contributed by atoms with Crippen molar-refractivity contribution in [1.29, 1.82) is 0 Å². The molecule has 0 spiro atoms. The Morgan fingerprint density at radius 3 is 1.12 bits per heavy atom. The van der Waals surface area contributed by atoms with Crippen molar-refractivity contribution < 1.29 is 14.8 Å². The highest BCUT2D eigenvalue weighted by Gasteiger charge is 2.18. The lowest BCUT2D eigenvalue weighted by Crippen LogP contribution is -2.24. The zero-order valence-electron chi connectivity index (χ0n) is 20.4. The summed E-state index contributed by atoms with van der Waals surface area (Å²) in [7, 11) is 0. The van der Waals surface area contributed by atoms with E-state index in [1.807, 2.05) is 4.90 Å². The predicted octanol–water partition coefficient (Wildman–Crippen LogP) is 4.24. The first-order valence-corrected chi connectivity index (χ1v) is 11.8. The number of hydrogen-bond donors (Lipinski definition) is 3. The van der Waals surface area contributed by atoms with E-state index < -0.39 is 14.8 Å². The third-order valence-electron chi connectivity index (χ3n) is 6.30. The summed E-state index contributed by atoms with van der Waals surface area (Å²) in [6.45, 7) is 0.782. The SMILES string of the molecule is O=[N+]([O-])c1ccc2[nH]c(CN(Cc3nc4cc([N+](=O)[O-])ccc4[nH]3)Cc3nc4cc([N+](=O)[O-])ccc4[nH]3)nc2c1. The number of nitrogens with zero attached hydrogens (tertiary/aromatic N) is 7. The number of aromatic amines is 3. The molecule has 0 amide bonds. The molecular weight excluding hydrogens is 524 g/mol. The van der Waals surface area contributed by atoms with Crippen LogP contribution < -0.4 is 0 Å². The highest BCUT2D eigenvalue weighted by molar-refractivity contribution is 5.79. The molecule has 0 aliphatic heterocycles. The molecule has 0 bridgehead atoms. The van der Waals surface area contributed by atoms with Gasteiger partial charge in [-0.2, -0.15) is 0 Å². The highest BCUT2D eigenvalue weighted by Crippen LogP contribution is 2.24. The highest BCUT2D eigenvalue weighted by atomic mass is 16.6. The van der Waals surface area contributed by atoms with E-state index >= 15 is 0 Å². The number of imidazole rings is 3. The lowest BCUT2D eigenvalue weighted by molar-refractivity contribution is -0.384. The Hall–Kier alpha value is -5.77. The van der Waals surface area contributed by atoms with Gasteiger partial charge in [0.2, 0.25) is 0 Å². The van der Waals surface area contributed by atoms with E-state index in [1.165, 1.54) is 36.4 Å². The molecule has 6 aromatic rings. The molecule has 16 nitrogen and oxygen atoms in total. The Labute approximate surface area is 222 Å². The molecular formula is C24H18N10O6. The molecule has 0 fully saturated rings. The molecule has 6 rings (SSSR count). The van der Waals surface area contributed by atoms with Gasteiger partial charge in [0, 0.05) is 36.4 Å². The van der Waals surface area contributed by atoms with Gasteiger partial charge in [0.25, 0.3) is 17.1 Å². The summed E-state index contributed by atoms with van der Waals surface area (Å²) in [5, 5.41) is 33.5. The standard InChI is InChI=1S/C24H18N10O6/c35-32(36)13-1-4-16-19(7-13)28-22(25-16)10-31(11-23-26-17-5-2-14(33(37)38)8-20(17)29-23)12-24-27-18-6-3-15(34(39)40)9-21(18)30-24/h1-9H,10-12H2,(H,25,28)(H,26,29)(H,27,30). The minimum absolute atomic E-state index is 0.0739. The number of nitro groups is 3. The van der Waals surface area contributed by atoms with Gasteiger partial charge in [-0.25, -0.2) is 15.0 Å². The molecule has 16 heteroatoms. The van der Waals surface area contributed by atoms with E-state index in [1.54, 1.807) is 18.2 Å². The van der Waals surface area contributed by atoms with Crippen molar-refractivity contribution >= 4 is 50.2 Å². The molecule has 3 aromatic carbocycles. The summed E-state index contributed by atoms with van der Waals surface area (Å²) < 4.78 is 0. The number of non-ortho nitro benzene ring substituents is 3. The van der Waals surface area contributed by atoms with Crippen LogP contribution in [0.15, 0.2) is 54.6 Å². The average Bonchev–Trinajstić information content (AvgIpc) is 3.62. The van der Waals surface area contributed by atoms with Crippen molar-refractivity contribution in [3.63, 3.8) is 0 Å². The van der Waals surface area contributed by atoms with Crippen LogP contribution in [0.5, 0.6) is 0 Å². The Balaban J connectivity index is 1.33. The van der Waals surface area contributed by atoms with Crippen molar-refractivity contribution in [2.24, 2.45) is 0 Å². The van der Waals surface area contributed by atoms with Crippen LogP contribution in [-0.2, 0) is 19.6 Å². The van der Waals surface area contributed by atoms with Gasteiger partial charge in [-0.05, 0) is 18.2 Å². The first kappa shape index (κ1) is 24.6. The molecule has 0 aliphatic rings. The van der Waals surface area contributed by atoms with Crippen molar-refractivity contribution in [2.75, 3.05) is 0 Å². The second-order valence-corrected chi connectivity index (χ2v) is 9.07. The predicted molar refractivity (Wildman–Crippen MR) is 141 cm³/mol. The first-order valence-electron chi connectivity index (χ1n) is 11.8. The smallest absolute Gasteiger partial charge is 0.271 e. The van der Waals surface area contributed by atoms with E-state index in [0.29, 0.717) is 50.6 Å². The molecule has 0 radical (unpaired) electrons. The maximum Gasteiger partial charge on any atom is 0.271 e. The largest absolute Gasteiger partial charge is 0.341 e. The van der Waals surface area contributed by atoms with E-state index in [0.717, 1.165) is 0 Å². The zero-order valence-corrected chi connectivity index (χ0v) is 20.4. The maximum atomic E-state index is 11.2. The summed E-state index contributed by atoms with van der Waals surface area (Å²) >= 11 is 0. The third kappa shape index (κ3) is 4.76. The van der Waals surface area contributed by atoms with Gasteiger partial charge in [-0.15, -0.1) is 0 Å². The van der Waals surface area contributed by atoms with Crippen molar-refractivity contribution in [3.05, 3.63) is 102 Å². The summed E-state index contributed by atoms with van der Waals surface area (Å²) in [5.41, 5.74) is 3.00. The van der Waals surface area contributed by atoms with Crippen molar-refractivity contribution in [3.8, 4) is 0 Å². The maximum absolute atomic E-state index is 11.2. The summed E-state index contributed by atoms with van der Waals surface area (Å²) in [6, 6.07) is 13.1. The normalized spacial score (nSPS) is 11.6. The van der Waals surface area contributed by atoms with Crippen molar-refractivity contribution in [1.82, 2.24) is 34.8 Å². The zero-order chi connectivity index (χ0) is 28.0. The van der Waals surface area contributed by atoms with Gasteiger partial charge in [0.05, 0.1) is 67.5 Å². The van der Waals surface area contributed by atoms with Gasteiger partial charge in [-0.3, -0.25) is 35.2 Å². The Morgan fingerprint density at radius 2 is 0.850 bits per heavy atom. The molecule has 0 unspecified atom stereocenters. The van der Waals surface area contributed by atoms with E-state index in [-0.39, 0.29) is 36.7 Å². The van der Waals surface area contributed by atoms with Crippen LogP contribution in [0.4, 0.5) is 17.1 Å². The number of aromatic nitrogens is 6. The fraction of sp³-hybridized carbons (Fsp3) is 0.125. The van der Waals surface area contributed by atoms with E-state index in [9.17, 15) is 30.3 Å². The van der Waals surface area contributed by atoms with Gasteiger partial charge in [0.15, 0.2) is 0 Å². The van der Waals surface area contributed by atoms with Gasteiger partial charge in [-0.1, -0.05) is 0 Å². The molecule has 0 aliphatic carbocycles. The van der Waals surface area contributed by atoms with E-state index in [2.05, 4.69) is 29.9 Å². The quantitative estimate of drug-likeness (QED) is 0.174. The van der Waals surface area contributed by atoms with Crippen molar-refractivity contribution in [2.45, 2.75) is 19.6 Å². The number of nitrogens with one attached hydrogen (secondary N) is 3. The molecule has 0 saturated carbocycles. The van der Waals surface area contributed by atoms with Crippen LogP contribution in [0, 0.1) is 30.3 Å². The van der Waals surface area contributed by atoms with Gasteiger partial charge in [0.1, 0.15) is 17.5 Å². The fourth-order valence-electron chi connectivity index (χ4n) is 4.51. The lowest BCUT2D eigenvalue weighted by atomic mass is 10.3. The average molecular weight is 542 g/mol. The number of nitro benzene ring substituents is 3. The monoisotopic (exact) mass is 542 g/mol. The molecule has 200 valence electrons. The van der Waals surface area contributed by atoms with Gasteiger partial charge >= 0.3 is 0 Å². The molecule has 40 heavy (non-hydrogen) atoms. The van der Waals surface area contributed by atoms with Crippen LogP contribution in [0.3, 0.4) is 0 Å². The minimum atomic E-state index is -0.488. The second-order valence-electron chi connectivity index (χ2n) is 9.07. The summed E-state index contributed by atoms with van der Waals surface area (Å²) in [5.74, 6) is 1.61. The van der Waals surface area contributed by atoms with Crippen LogP contribution in [0.2, 0.25) is 0 Å². The molecule has 0 saturated heterocycles. The summed E-state index contributed by atoms with van der Waals surface area (Å²) in [6.07, 6.45) is 0. The van der Waals surface area contributed by atoms with Crippen LogP contribution in [0.25, 0.3) is 33.1 Å². The van der Waals surface area contributed by atoms with Crippen LogP contribution in [0.1, 0.15) is 17.5 Å². The minimum Gasteiger partial charge on any atom is -0.341 e.